The minimum Gasteiger partial charge on any atom is -0.439 e. The Kier molecular flexibility index (Phi) is 6.38. The average molecular weight is 514 g/mol. The molecule has 6 rings (SSSR count). The van der Waals surface area contributed by atoms with Gasteiger partial charge in [-0.25, -0.2) is 14.6 Å². The summed E-state index contributed by atoms with van der Waals surface area (Å²) in [6.45, 7) is 1.91. The minimum absolute atomic E-state index is 0.125. The molecule has 1 saturated heterocycles. The van der Waals surface area contributed by atoms with Gasteiger partial charge in [0.1, 0.15) is 11.3 Å². The Morgan fingerprint density at radius 1 is 1.11 bits per heavy atom. The molecule has 3 N–H and O–H groups in total. The van der Waals surface area contributed by atoms with E-state index in [1.165, 1.54) is 0 Å². The number of hydrogen-bond donors (Lipinski definition) is 2. The van der Waals surface area contributed by atoms with E-state index in [9.17, 15) is 4.79 Å². The molecule has 12 nitrogen and oxygen atoms in total. The number of carbonyl (C=O) groups excluding carboxylic acids is 1. The molecular formula is C26H23N7O5. The number of carbonyl (C=O) groups is 1. The lowest BCUT2D eigenvalue weighted by atomic mass is 10.2. The lowest BCUT2D eigenvalue weighted by Gasteiger charge is -2.23. The number of ether oxygens (including phenoxy) is 3. The van der Waals surface area contributed by atoms with Crippen LogP contribution in [-0.2, 0) is 9.47 Å². The van der Waals surface area contributed by atoms with E-state index in [2.05, 4.69) is 25.6 Å². The molecule has 1 aliphatic rings. The summed E-state index contributed by atoms with van der Waals surface area (Å²) >= 11 is 0. The lowest BCUT2D eigenvalue weighted by Crippen LogP contribution is -2.39. The molecule has 192 valence electrons. The Bertz CT molecular complexity index is 1580. The van der Waals surface area contributed by atoms with E-state index in [1.54, 1.807) is 36.5 Å². The topological polar surface area (TPSA) is 152 Å². The van der Waals surface area contributed by atoms with Crippen LogP contribution in [0.4, 0.5) is 5.82 Å². The number of anilines is 1. The van der Waals surface area contributed by atoms with Gasteiger partial charge in [0.2, 0.25) is 5.88 Å². The Labute approximate surface area is 216 Å². The van der Waals surface area contributed by atoms with Gasteiger partial charge in [-0.05, 0) is 40.6 Å². The molecule has 0 bridgehead atoms. The maximum absolute atomic E-state index is 12.7. The van der Waals surface area contributed by atoms with Crippen LogP contribution in [0, 0.1) is 0 Å². The Balaban J connectivity index is 1.28. The molecule has 0 spiro atoms. The summed E-state index contributed by atoms with van der Waals surface area (Å²) in [5, 5.41) is 10.5. The van der Waals surface area contributed by atoms with E-state index in [-0.39, 0.29) is 17.8 Å². The largest absolute Gasteiger partial charge is 0.439 e. The van der Waals surface area contributed by atoms with Crippen LogP contribution in [0.1, 0.15) is 10.4 Å². The Morgan fingerprint density at radius 3 is 2.79 bits per heavy atom. The standard InChI is InChI=1S/C26H23N7O5/c27-24-23(31-38-32-24)25-30-20-14-28-22(12-21(20)33(25)17-6-2-1-3-7-17)37-18-8-4-5-16(11-18)26(34)29-13-19-15-35-9-10-36-19/h1-8,11-12,14,19H,9-10,13,15H2,(H2,27,32)(H,29,34). The van der Waals surface area contributed by atoms with Crippen molar-refractivity contribution in [3.63, 3.8) is 0 Å². The number of pyridine rings is 1. The number of nitrogens with one attached hydrogen (secondary N) is 1. The van der Waals surface area contributed by atoms with Gasteiger partial charge in [0.15, 0.2) is 17.3 Å². The van der Waals surface area contributed by atoms with Crippen LogP contribution in [0.5, 0.6) is 11.6 Å². The summed E-state index contributed by atoms with van der Waals surface area (Å²) in [4.78, 5) is 21.8. The number of benzene rings is 2. The van der Waals surface area contributed by atoms with Gasteiger partial charge in [-0.2, -0.15) is 0 Å². The summed E-state index contributed by atoms with van der Waals surface area (Å²) in [7, 11) is 0. The third-order valence-corrected chi connectivity index (χ3v) is 5.95. The second-order valence-corrected chi connectivity index (χ2v) is 8.52. The van der Waals surface area contributed by atoms with Crippen molar-refractivity contribution in [3.05, 3.63) is 72.4 Å². The predicted octanol–water partition coefficient (Wildman–Crippen LogP) is 2.99. The van der Waals surface area contributed by atoms with Crippen LogP contribution in [0.2, 0.25) is 0 Å². The molecule has 2 aromatic carbocycles. The molecule has 1 amide bonds. The van der Waals surface area contributed by atoms with Crippen LogP contribution in [0.25, 0.3) is 28.2 Å². The Hall–Kier alpha value is -4.81. The van der Waals surface area contributed by atoms with Gasteiger partial charge in [0, 0.05) is 23.9 Å². The predicted molar refractivity (Wildman–Crippen MR) is 136 cm³/mol. The average Bonchev–Trinajstić information content (AvgIpc) is 3.55. The second-order valence-electron chi connectivity index (χ2n) is 8.52. The fourth-order valence-electron chi connectivity index (χ4n) is 4.15. The molecule has 0 radical (unpaired) electrons. The Morgan fingerprint density at radius 2 is 2.00 bits per heavy atom. The lowest BCUT2D eigenvalue weighted by molar-refractivity contribution is -0.0855. The monoisotopic (exact) mass is 513 g/mol. The highest BCUT2D eigenvalue weighted by Gasteiger charge is 2.21. The van der Waals surface area contributed by atoms with Crippen molar-refractivity contribution in [1.82, 2.24) is 30.2 Å². The minimum atomic E-state index is -0.237. The maximum Gasteiger partial charge on any atom is 0.251 e. The molecule has 38 heavy (non-hydrogen) atoms. The highest BCUT2D eigenvalue weighted by molar-refractivity contribution is 5.94. The van der Waals surface area contributed by atoms with E-state index in [4.69, 9.17) is 24.6 Å². The van der Waals surface area contributed by atoms with Crippen molar-refractivity contribution in [2.45, 2.75) is 6.10 Å². The van der Waals surface area contributed by atoms with Crippen LogP contribution >= 0.6 is 0 Å². The molecule has 5 aromatic rings. The van der Waals surface area contributed by atoms with Crippen LogP contribution < -0.4 is 15.8 Å². The van der Waals surface area contributed by atoms with E-state index >= 15 is 0 Å². The second kappa shape index (κ2) is 10.3. The molecule has 1 fully saturated rings. The van der Waals surface area contributed by atoms with Crippen molar-refractivity contribution in [2.24, 2.45) is 0 Å². The van der Waals surface area contributed by atoms with Crippen molar-refractivity contribution in [3.8, 4) is 28.8 Å². The van der Waals surface area contributed by atoms with Gasteiger partial charge in [0.25, 0.3) is 5.91 Å². The molecule has 4 heterocycles. The summed E-state index contributed by atoms with van der Waals surface area (Å²) in [6, 6.07) is 18.2. The first-order valence-corrected chi connectivity index (χ1v) is 11.9. The highest BCUT2D eigenvalue weighted by Crippen LogP contribution is 2.32. The SMILES string of the molecule is Nc1nonc1-c1nc2cnc(Oc3cccc(C(=O)NCC4COCCO4)c3)cc2n1-c1ccccc1. The van der Waals surface area contributed by atoms with E-state index in [1.807, 2.05) is 34.9 Å². The zero-order valence-electron chi connectivity index (χ0n) is 20.1. The van der Waals surface area contributed by atoms with Gasteiger partial charge in [-0.15, -0.1) is 0 Å². The van der Waals surface area contributed by atoms with Crippen molar-refractivity contribution < 1.29 is 23.6 Å². The summed E-state index contributed by atoms with van der Waals surface area (Å²) in [6.07, 6.45) is 1.44. The van der Waals surface area contributed by atoms with Crippen LogP contribution in [0.15, 0.2) is 71.5 Å². The number of amides is 1. The van der Waals surface area contributed by atoms with Crippen LogP contribution in [0.3, 0.4) is 0 Å². The molecular weight excluding hydrogens is 490 g/mol. The molecule has 0 aliphatic carbocycles. The van der Waals surface area contributed by atoms with E-state index in [0.29, 0.717) is 66.1 Å². The zero-order valence-corrected chi connectivity index (χ0v) is 20.1. The van der Waals surface area contributed by atoms with Crippen molar-refractivity contribution in [1.29, 1.82) is 0 Å². The van der Waals surface area contributed by atoms with Crippen molar-refractivity contribution >= 4 is 22.8 Å². The first-order valence-electron chi connectivity index (χ1n) is 11.9. The number of nitrogen functional groups attached to an aromatic ring is 1. The van der Waals surface area contributed by atoms with Gasteiger partial charge in [0.05, 0.1) is 37.6 Å². The number of aromatic nitrogens is 5. The fourth-order valence-corrected chi connectivity index (χ4v) is 4.15. The zero-order chi connectivity index (χ0) is 25.9. The molecule has 12 heteroatoms. The first kappa shape index (κ1) is 23.6. The molecule has 1 atom stereocenters. The maximum atomic E-state index is 12.7. The van der Waals surface area contributed by atoms with Crippen LogP contribution in [-0.4, -0.2) is 63.2 Å². The molecule has 1 aliphatic heterocycles. The van der Waals surface area contributed by atoms with Gasteiger partial charge in [-0.1, -0.05) is 24.3 Å². The third kappa shape index (κ3) is 4.77. The van der Waals surface area contributed by atoms with Gasteiger partial charge in [-0.3, -0.25) is 9.36 Å². The number of fused-ring (bicyclic) bond motifs is 1. The number of para-hydroxylation sites is 1. The quantitative estimate of drug-likeness (QED) is 0.332. The molecule has 0 saturated carbocycles. The van der Waals surface area contributed by atoms with E-state index in [0.717, 1.165) is 5.69 Å². The molecule has 1 unspecified atom stereocenters. The summed E-state index contributed by atoms with van der Waals surface area (Å²) in [5.41, 5.74) is 8.87. The summed E-state index contributed by atoms with van der Waals surface area (Å²) < 4.78 is 23.7. The third-order valence-electron chi connectivity index (χ3n) is 5.95. The van der Waals surface area contributed by atoms with Gasteiger partial charge < -0.3 is 25.3 Å². The normalized spacial score (nSPS) is 15.4. The number of rotatable bonds is 7. The number of hydrogen-bond acceptors (Lipinski definition) is 10. The highest BCUT2D eigenvalue weighted by atomic mass is 16.6. The smallest absolute Gasteiger partial charge is 0.251 e. The fraction of sp³-hybridized carbons (Fsp3) is 0.192. The molecule has 3 aromatic heterocycles. The summed E-state index contributed by atoms with van der Waals surface area (Å²) in [5.74, 6) is 1.11. The van der Waals surface area contributed by atoms with Gasteiger partial charge >= 0.3 is 0 Å². The van der Waals surface area contributed by atoms with Crippen molar-refractivity contribution in [2.75, 3.05) is 32.1 Å². The van der Waals surface area contributed by atoms with E-state index < -0.39 is 0 Å². The first-order chi connectivity index (χ1) is 18.7. The number of nitrogens with two attached hydrogens (primary N) is 1. The number of imidazole rings is 1. The number of nitrogens with zero attached hydrogens (tertiary/aromatic N) is 5.